The van der Waals surface area contributed by atoms with Gasteiger partial charge in [-0.1, -0.05) is 12.8 Å². The fourth-order valence-electron chi connectivity index (χ4n) is 2.39. The van der Waals surface area contributed by atoms with Crippen LogP contribution in [0.15, 0.2) is 11.2 Å². The highest BCUT2D eigenvalue weighted by Crippen LogP contribution is 2.20. The molecule has 0 amide bonds. The van der Waals surface area contributed by atoms with Gasteiger partial charge in [-0.15, -0.1) is 0 Å². The maximum absolute atomic E-state index is 12.1. The van der Waals surface area contributed by atoms with Gasteiger partial charge in [0.15, 0.2) is 5.03 Å². The van der Waals surface area contributed by atoms with Gasteiger partial charge >= 0.3 is 5.97 Å². The smallest absolute Gasteiger partial charge is 0.342 e. The van der Waals surface area contributed by atoms with Crippen LogP contribution in [0.25, 0.3) is 0 Å². The number of carbonyl (C=O) groups excluding carboxylic acids is 1. The number of carbonyl (C=O) groups is 1. The van der Waals surface area contributed by atoms with E-state index < -0.39 is 16.0 Å². The van der Waals surface area contributed by atoms with Gasteiger partial charge < -0.3 is 9.47 Å². The van der Waals surface area contributed by atoms with E-state index in [0.29, 0.717) is 19.1 Å². The van der Waals surface area contributed by atoms with E-state index in [9.17, 15) is 13.2 Å². The van der Waals surface area contributed by atoms with Crippen molar-refractivity contribution < 1.29 is 22.7 Å². The Morgan fingerprint density at radius 2 is 2.18 bits per heavy atom. The predicted octanol–water partition coefficient (Wildman–Crippen LogP) is 0.824. The maximum atomic E-state index is 12.1. The van der Waals surface area contributed by atoms with Crippen molar-refractivity contribution in [2.45, 2.75) is 43.2 Å². The molecule has 22 heavy (non-hydrogen) atoms. The molecular weight excluding hydrogens is 310 g/mol. The minimum atomic E-state index is -3.83. The van der Waals surface area contributed by atoms with E-state index in [2.05, 4.69) is 19.7 Å². The Kier molecular flexibility index (Phi) is 5.92. The van der Waals surface area contributed by atoms with Gasteiger partial charge in [-0.25, -0.2) is 17.9 Å². The van der Waals surface area contributed by atoms with E-state index in [1.165, 1.54) is 20.0 Å². The third kappa shape index (κ3) is 4.28. The number of H-pyrrole nitrogens is 1. The van der Waals surface area contributed by atoms with Crippen molar-refractivity contribution in [1.82, 2.24) is 14.9 Å². The summed E-state index contributed by atoms with van der Waals surface area (Å²) in [7, 11) is -2.65. The number of ether oxygens (including phenoxy) is 2. The number of nitrogens with zero attached hydrogens (tertiary/aromatic N) is 1. The topological polar surface area (TPSA) is 110 Å². The standard InChI is InChI=1S/C13H21N3O5S/c1-20-13(17)11-9-14-16-12(11)22(18,19)15-7-4-8-21-10-5-2-3-6-10/h9-10,15H,2-8H2,1H3,(H,14,16). The van der Waals surface area contributed by atoms with Crippen molar-refractivity contribution in [3.63, 3.8) is 0 Å². The van der Waals surface area contributed by atoms with Gasteiger partial charge in [0.25, 0.3) is 10.0 Å². The highest BCUT2D eigenvalue weighted by Gasteiger charge is 2.25. The number of aromatic amines is 1. The molecule has 1 aliphatic rings. The zero-order chi connectivity index (χ0) is 16.0. The summed E-state index contributed by atoms with van der Waals surface area (Å²) in [5, 5.41) is 5.62. The van der Waals surface area contributed by atoms with Crippen molar-refractivity contribution >= 4 is 16.0 Å². The van der Waals surface area contributed by atoms with Crippen molar-refractivity contribution in [3.8, 4) is 0 Å². The fourth-order valence-corrected chi connectivity index (χ4v) is 3.55. The lowest BCUT2D eigenvalue weighted by Crippen LogP contribution is -2.27. The van der Waals surface area contributed by atoms with Crippen LogP contribution in [0.5, 0.6) is 0 Å². The molecule has 2 N–H and O–H groups in total. The van der Waals surface area contributed by atoms with E-state index in [4.69, 9.17) is 4.74 Å². The molecule has 2 rings (SSSR count). The summed E-state index contributed by atoms with van der Waals surface area (Å²) in [6.07, 6.45) is 6.59. The molecule has 9 heteroatoms. The number of methoxy groups -OCH3 is 1. The molecule has 1 aliphatic carbocycles. The fraction of sp³-hybridized carbons (Fsp3) is 0.692. The second kappa shape index (κ2) is 7.70. The van der Waals surface area contributed by atoms with E-state index in [1.807, 2.05) is 0 Å². The van der Waals surface area contributed by atoms with Gasteiger partial charge in [-0.3, -0.25) is 5.10 Å². The number of hydrogen-bond acceptors (Lipinski definition) is 6. The Balaban J connectivity index is 1.81. The van der Waals surface area contributed by atoms with Gasteiger partial charge in [-0.2, -0.15) is 5.10 Å². The highest BCUT2D eigenvalue weighted by atomic mass is 32.2. The molecule has 1 aromatic heterocycles. The molecule has 0 saturated heterocycles. The zero-order valence-electron chi connectivity index (χ0n) is 12.5. The van der Waals surface area contributed by atoms with Crippen LogP contribution < -0.4 is 4.72 Å². The van der Waals surface area contributed by atoms with Crippen LogP contribution in [-0.2, 0) is 19.5 Å². The number of aromatic nitrogens is 2. The molecule has 0 aromatic carbocycles. The number of rotatable bonds is 8. The van der Waals surface area contributed by atoms with Crippen LogP contribution in [0, 0.1) is 0 Å². The molecule has 1 aromatic rings. The van der Waals surface area contributed by atoms with Crippen molar-refractivity contribution in [2.24, 2.45) is 0 Å². The molecular formula is C13H21N3O5S. The first-order valence-electron chi connectivity index (χ1n) is 7.27. The first-order valence-corrected chi connectivity index (χ1v) is 8.76. The third-order valence-corrected chi connectivity index (χ3v) is 4.98. The Labute approximate surface area is 129 Å². The molecule has 0 unspecified atom stereocenters. The molecule has 1 fully saturated rings. The van der Waals surface area contributed by atoms with Gasteiger partial charge in [0, 0.05) is 13.2 Å². The van der Waals surface area contributed by atoms with Gasteiger partial charge in [-0.05, 0) is 19.3 Å². The second-order valence-corrected chi connectivity index (χ2v) is 6.84. The number of esters is 1. The summed E-state index contributed by atoms with van der Waals surface area (Å²) in [5.41, 5.74) is -0.114. The molecule has 0 radical (unpaired) electrons. The van der Waals surface area contributed by atoms with Gasteiger partial charge in [0.05, 0.1) is 19.4 Å². The molecule has 124 valence electrons. The lowest BCUT2D eigenvalue weighted by atomic mass is 10.3. The molecule has 1 saturated carbocycles. The van der Waals surface area contributed by atoms with Crippen LogP contribution in [0.4, 0.5) is 0 Å². The summed E-state index contributed by atoms with van der Waals surface area (Å²) >= 11 is 0. The quantitative estimate of drug-likeness (QED) is 0.539. The van der Waals surface area contributed by atoms with Crippen molar-refractivity contribution in [2.75, 3.05) is 20.3 Å². The maximum Gasteiger partial charge on any atom is 0.342 e. The van der Waals surface area contributed by atoms with E-state index >= 15 is 0 Å². The van der Waals surface area contributed by atoms with E-state index in [1.54, 1.807) is 0 Å². The molecule has 0 aliphatic heterocycles. The number of nitrogens with one attached hydrogen (secondary N) is 2. The van der Waals surface area contributed by atoms with Crippen LogP contribution in [0.1, 0.15) is 42.5 Å². The average molecular weight is 331 g/mol. The van der Waals surface area contributed by atoms with Gasteiger partial charge in [0.2, 0.25) is 0 Å². The average Bonchev–Trinajstić information content (AvgIpc) is 3.17. The van der Waals surface area contributed by atoms with E-state index in [-0.39, 0.29) is 17.1 Å². The van der Waals surface area contributed by atoms with Crippen LogP contribution in [0.3, 0.4) is 0 Å². The second-order valence-electron chi connectivity index (χ2n) is 5.13. The highest BCUT2D eigenvalue weighted by molar-refractivity contribution is 7.89. The Bertz CT molecular complexity index is 593. The van der Waals surface area contributed by atoms with Crippen LogP contribution in [0.2, 0.25) is 0 Å². The SMILES string of the molecule is COC(=O)c1cn[nH]c1S(=O)(=O)NCCCOC1CCCC1. The van der Waals surface area contributed by atoms with Gasteiger partial charge in [0.1, 0.15) is 5.56 Å². The summed E-state index contributed by atoms with van der Waals surface area (Å²) in [5.74, 6) is -0.751. The Morgan fingerprint density at radius 3 is 2.86 bits per heavy atom. The van der Waals surface area contributed by atoms with Crippen molar-refractivity contribution in [3.05, 3.63) is 11.8 Å². The first-order chi connectivity index (χ1) is 10.5. The third-order valence-electron chi connectivity index (χ3n) is 3.55. The van der Waals surface area contributed by atoms with E-state index in [0.717, 1.165) is 19.0 Å². The number of sulfonamides is 1. The monoisotopic (exact) mass is 331 g/mol. The van der Waals surface area contributed by atoms with Crippen LogP contribution in [-0.4, -0.2) is 50.9 Å². The lowest BCUT2D eigenvalue weighted by molar-refractivity contribution is 0.0573. The van der Waals surface area contributed by atoms with Crippen LogP contribution >= 0.6 is 0 Å². The summed E-state index contributed by atoms with van der Waals surface area (Å²) in [6.45, 7) is 0.745. The zero-order valence-corrected chi connectivity index (χ0v) is 13.3. The first kappa shape index (κ1) is 16.9. The summed E-state index contributed by atoms with van der Waals surface area (Å²) in [6, 6.07) is 0. The minimum absolute atomic E-state index is 0.114. The molecule has 0 spiro atoms. The largest absolute Gasteiger partial charge is 0.465 e. The Morgan fingerprint density at radius 1 is 1.45 bits per heavy atom. The number of hydrogen-bond donors (Lipinski definition) is 2. The van der Waals surface area contributed by atoms with Crippen molar-refractivity contribution in [1.29, 1.82) is 0 Å². The normalized spacial score (nSPS) is 16.0. The predicted molar refractivity (Wildman–Crippen MR) is 77.9 cm³/mol. The molecule has 0 atom stereocenters. The lowest BCUT2D eigenvalue weighted by Gasteiger charge is -2.11. The summed E-state index contributed by atoms with van der Waals surface area (Å²) in [4.78, 5) is 11.5. The molecule has 8 nitrogen and oxygen atoms in total. The minimum Gasteiger partial charge on any atom is -0.465 e. The Hall–Kier alpha value is -1.45. The molecule has 0 bridgehead atoms. The summed E-state index contributed by atoms with van der Waals surface area (Å²) < 4.78 is 36.8. The molecule has 1 heterocycles.